The zero-order valence-corrected chi connectivity index (χ0v) is 16.5. The van der Waals surface area contributed by atoms with Crippen molar-refractivity contribution in [2.45, 2.75) is 32.2 Å². The first-order valence-electron chi connectivity index (χ1n) is 10.0. The second-order valence-corrected chi connectivity index (χ2v) is 7.31. The summed E-state index contributed by atoms with van der Waals surface area (Å²) >= 11 is 0. The lowest BCUT2D eigenvalue weighted by Crippen LogP contribution is -2.51. The molecule has 2 amide bonds. The van der Waals surface area contributed by atoms with Gasteiger partial charge in [0.2, 0.25) is 5.91 Å². The lowest BCUT2D eigenvalue weighted by atomic mass is 10.3. The number of para-hydroxylation sites is 1. The van der Waals surface area contributed by atoms with Crippen molar-refractivity contribution in [3.05, 3.63) is 46.6 Å². The van der Waals surface area contributed by atoms with Crippen LogP contribution in [0.2, 0.25) is 0 Å². The molecular formula is C20H25N5O4. The van der Waals surface area contributed by atoms with E-state index in [4.69, 9.17) is 4.74 Å². The number of piperazine rings is 1. The van der Waals surface area contributed by atoms with Crippen LogP contribution >= 0.6 is 0 Å². The van der Waals surface area contributed by atoms with Gasteiger partial charge >= 0.3 is 11.8 Å². The molecule has 0 atom stereocenters. The second-order valence-electron chi connectivity index (χ2n) is 7.31. The first-order chi connectivity index (χ1) is 14.1. The standard InChI is InChI=1S/C20H25N5O4/c1-2-29-20(28)23-12-10-22(11-13-23)17(26)14-24-19(27)25(16-6-4-3-5-7-16)18(21-24)15-8-9-15/h3-7,15H,2,8-14H2,1H3. The normalized spacial score (nSPS) is 16.7. The third kappa shape index (κ3) is 4.03. The first kappa shape index (κ1) is 19.2. The summed E-state index contributed by atoms with van der Waals surface area (Å²) in [6.45, 7) is 3.67. The average Bonchev–Trinajstić information content (AvgIpc) is 3.54. The van der Waals surface area contributed by atoms with Crippen LogP contribution in [0, 0.1) is 0 Å². The van der Waals surface area contributed by atoms with Crippen LogP contribution in [0.1, 0.15) is 31.5 Å². The monoisotopic (exact) mass is 399 g/mol. The van der Waals surface area contributed by atoms with Crippen LogP contribution in [-0.4, -0.2) is 68.9 Å². The molecule has 9 nitrogen and oxygen atoms in total. The molecule has 154 valence electrons. The van der Waals surface area contributed by atoms with Crippen molar-refractivity contribution in [3.63, 3.8) is 0 Å². The van der Waals surface area contributed by atoms with Gasteiger partial charge in [0.05, 0.1) is 12.3 Å². The van der Waals surface area contributed by atoms with Gasteiger partial charge in [-0.25, -0.2) is 18.8 Å². The molecule has 2 fully saturated rings. The number of carbonyl (C=O) groups is 2. The molecule has 29 heavy (non-hydrogen) atoms. The predicted octanol–water partition coefficient (Wildman–Crippen LogP) is 1.21. The van der Waals surface area contributed by atoms with Gasteiger partial charge in [0.1, 0.15) is 12.4 Å². The van der Waals surface area contributed by atoms with Crippen molar-refractivity contribution in [1.29, 1.82) is 0 Å². The number of benzene rings is 1. The number of amides is 2. The van der Waals surface area contributed by atoms with Gasteiger partial charge in [-0.05, 0) is 31.9 Å². The predicted molar refractivity (Wildman–Crippen MR) is 105 cm³/mol. The molecule has 1 saturated carbocycles. The molecule has 0 unspecified atom stereocenters. The molecule has 2 heterocycles. The van der Waals surface area contributed by atoms with E-state index >= 15 is 0 Å². The first-order valence-corrected chi connectivity index (χ1v) is 10.0. The zero-order chi connectivity index (χ0) is 20.4. The Morgan fingerprint density at radius 1 is 1.07 bits per heavy atom. The summed E-state index contributed by atoms with van der Waals surface area (Å²) in [5, 5.41) is 4.49. The highest BCUT2D eigenvalue weighted by Crippen LogP contribution is 2.39. The van der Waals surface area contributed by atoms with Gasteiger partial charge in [0.15, 0.2) is 0 Å². The molecule has 0 bridgehead atoms. The van der Waals surface area contributed by atoms with E-state index in [2.05, 4.69) is 5.10 Å². The van der Waals surface area contributed by atoms with Gasteiger partial charge < -0.3 is 14.5 Å². The Kier molecular flexibility index (Phi) is 5.37. The maximum atomic E-state index is 13.0. The molecule has 2 aliphatic rings. The summed E-state index contributed by atoms with van der Waals surface area (Å²) in [6.07, 6.45) is 1.66. The topological polar surface area (TPSA) is 89.7 Å². The Bertz CT molecular complexity index is 940. The van der Waals surface area contributed by atoms with E-state index in [0.717, 1.165) is 24.4 Å². The fourth-order valence-electron chi connectivity index (χ4n) is 3.53. The van der Waals surface area contributed by atoms with Crippen molar-refractivity contribution < 1.29 is 14.3 Å². The van der Waals surface area contributed by atoms with Gasteiger partial charge in [-0.2, -0.15) is 5.10 Å². The third-order valence-corrected chi connectivity index (χ3v) is 5.26. The summed E-state index contributed by atoms with van der Waals surface area (Å²) in [5.74, 6) is 0.823. The maximum absolute atomic E-state index is 13.0. The van der Waals surface area contributed by atoms with Crippen LogP contribution in [0.5, 0.6) is 0 Å². The van der Waals surface area contributed by atoms with E-state index in [0.29, 0.717) is 32.8 Å². The molecule has 1 aromatic carbocycles. The largest absolute Gasteiger partial charge is 0.450 e. The van der Waals surface area contributed by atoms with E-state index < -0.39 is 0 Å². The lowest BCUT2D eigenvalue weighted by Gasteiger charge is -2.33. The summed E-state index contributed by atoms with van der Waals surface area (Å²) in [6, 6.07) is 9.40. The highest BCUT2D eigenvalue weighted by Gasteiger charge is 2.32. The Morgan fingerprint density at radius 2 is 1.72 bits per heavy atom. The van der Waals surface area contributed by atoms with Gasteiger partial charge in [-0.1, -0.05) is 18.2 Å². The summed E-state index contributed by atoms with van der Waals surface area (Å²) < 4.78 is 7.88. The molecule has 1 aromatic heterocycles. The quantitative estimate of drug-likeness (QED) is 0.754. The lowest BCUT2D eigenvalue weighted by molar-refractivity contribution is -0.133. The highest BCUT2D eigenvalue weighted by atomic mass is 16.6. The molecule has 1 aliphatic carbocycles. The number of nitrogens with zero attached hydrogens (tertiary/aromatic N) is 5. The minimum atomic E-state index is -0.355. The Hall–Kier alpha value is -3.10. The Labute approximate surface area is 168 Å². The van der Waals surface area contributed by atoms with Crippen LogP contribution in [-0.2, 0) is 16.1 Å². The van der Waals surface area contributed by atoms with Gasteiger partial charge in [-0.15, -0.1) is 0 Å². The molecular weight excluding hydrogens is 374 g/mol. The fourth-order valence-corrected chi connectivity index (χ4v) is 3.53. The molecule has 0 spiro atoms. The molecule has 0 N–H and O–H groups in total. The third-order valence-electron chi connectivity index (χ3n) is 5.26. The Balaban J connectivity index is 1.47. The van der Waals surface area contributed by atoms with Crippen LogP contribution in [0.4, 0.5) is 4.79 Å². The number of rotatable bonds is 5. The number of hydrogen-bond donors (Lipinski definition) is 0. The van der Waals surface area contributed by atoms with Crippen molar-refractivity contribution in [1.82, 2.24) is 24.1 Å². The van der Waals surface area contributed by atoms with Gasteiger partial charge in [-0.3, -0.25) is 4.79 Å². The molecule has 9 heteroatoms. The highest BCUT2D eigenvalue weighted by molar-refractivity contribution is 5.76. The molecule has 0 radical (unpaired) electrons. The number of ether oxygens (including phenoxy) is 1. The van der Waals surface area contributed by atoms with E-state index in [9.17, 15) is 14.4 Å². The van der Waals surface area contributed by atoms with Crippen molar-refractivity contribution >= 4 is 12.0 Å². The van der Waals surface area contributed by atoms with E-state index in [1.165, 1.54) is 4.68 Å². The van der Waals surface area contributed by atoms with E-state index in [1.54, 1.807) is 21.3 Å². The van der Waals surface area contributed by atoms with Gasteiger partial charge in [0, 0.05) is 32.1 Å². The van der Waals surface area contributed by atoms with Crippen molar-refractivity contribution in [2.24, 2.45) is 0 Å². The summed E-state index contributed by atoms with van der Waals surface area (Å²) in [7, 11) is 0. The SMILES string of the molecule is CCOC(=O)N1CCN(C(=O)Cn2nc(C3CC3)n(-c3ccccc3)c2=O)CC1. The van der Waals surface area contributed by atoms with Crippen LogP contribution in [0.25, 0.3) is 5.69 Å². The molecule has 1 aliphatic heterocycles. The molecule has 2 aromatic rings. The van der Waals surface area contributed by atoms with E-state index in [-0.39, 0.29) is 30.2 Å². The van der Waals surface area contributed by atoms with Gasteiger partial charge in [0.25, 0.3) is 0 Å². The zero-order valence-electron chi connectivity index (χ0n) is 16.5. The minimum Gasteiger partial charge on any atom is -0.450 e. The number of hydrogen-bond acceptors (Lipinski definition) is 5. The smallest absolute Gasteiger partial charge is 0.409 e. The minimum absolute atomic E-state index is 0.0994. The van der Waals surface area contributed by atoms with Crippen LogP contribution in [0.3, 0.4) is 0 Å². The van der Waals surface area contributed by atoms with Crippen LogP contribution < -0.4 is 5.69 Å². The fraction of sp³-hybridized carbons (Fsp3) is 0.500. The summed E-state index contributed by atoms with van der Waals surface area (Å²) in [4.78, 5) is 40.8. The van der Waals surface area contributed by atoms with Crippen molar-refractivity contribution in [3.8, 4) is 5.69 Å². The maximum Gasteiger partial charge on any atom is 0.409 e. The molecule has 4 rings (SSSR count). The summed E-state index contributed by atoms with van der Waals surface area (Å²) in [5.41, 5.74) is 0.470. The van der Waals surface area contributed by atoms with Crippen molar-refractivity contribution in [2.75, 3.05) is 32.8 Å². The molecule has 1 saturated heterocycles. The second kappa shape index (κ2) is 8.10. The number of aromatic nitrogens is 3. The Morgan fingerprint density at radius 3 is 2.34 bits per heavy atom. The van der Waals surface area contributed by atoms with Crippen LogP contribution in [0.15, 0.2) is 35.1 Å². The van der Waals surface area contributed by atoms with E-state index in [1.807, 2.05) is 30.3 Å². The average molecular weight is 399 g/mol. The number of carbonyl (C=O) groups excluding carboxylic acids is 2.